The summed E-state index contributed by atoms with van der Waals surface area (Å²) in [7, 11) is 0. The lowest BCUT2D eigenvalue weighted by Gasteiger charge is -2.39. The summed E-state index contributed by atoms with van der Waals surface area (Å²) in [5, 5.41) is 1.59. The van der Waals surface area contributed by atoms with E-state index in [0.29, 0.717) is 22.2 Å². The molecule has 2 atom stereocenters. The maximum absolute atomic E-state index is 6.26. The Labute approximate surface area is 147 Å². The molecule has 0 radical (unpaired) electrons. The van der Waals surface area contributed by atoms with Gasteiger partial charge in [-0.05, 0) is 61.1 Å². The molecule has 2 aromatic rings. The fourth-order valence-electron chi connectivity index (χ4n) is 5.12. The first-order valence-electron chi connectivity index (χ1n) is 8.37. The van der Waals surface area contributed by atoms with Crippen LogP contribution in [0.1, 0.15) is 50.5 Å². The minimum absolute atomic E-state index is 0.375. The topological polar surface area (TPSA) is 29.0 Å². The monoisotopic (exact) mass is 349 g/mol. The third-order valence-corrected chi connectivity index (χ3v) is 6.94. The van der Waals surface area contributed by atoms with Crippen molar-refractivity contribution in [2.75, 3.05) is 11.4 Å². The number of anilines is 1. The fraction of sp³-hybridized carbons (Fsp3) is 0.667. The van der Waals surface area contributed by atoms with Gasteiger partial charge in [0, 0.05) is 17.5 Å². The molecule has 1 saturated carbocycles. The minimum Gasteiger partial charge on any atom is -0.352 e. The van der Waals surface area contributed by atoms with Crippen LogP contribution in [0.25, 0.3) is 10.2 Å². The SMILES string of the molecule is Cc1sc2nc(Cl)nc(N3CC4(C)CC3CC(C)(C)C4)c2c1C. The maximum Gasteiger partial charge on any atom is 0.225 e. The van der Waals surface area contributed by atoms with E-state index in [4.69, 9.17) is 11.6 Å². The first-order valence-corrected chi connectivity index (χ1v) is 9.57. The fourth-order valence-corrected chi connectivity index (χ4v) is 6.36. The Bertz CT molecular complexity index is 797. The van der Waals surface area contributed by atoms with Gasteiger partial charge >= 0.3 is 0 Å². The van der Waals surface area contributed by atoms with Crippen molar-refractivity contribution in [2.24, 2.45) is 10.8 Å². The minimum atomic E-state index is 0.375. The van der Waals surface area contributed by atoms with E-state index in [2.05, 4.69) is 49.5 Å². The molecule has 0 N–H and O–H groups in total. The van der Waals surface area contributed by atoms with Gasteiger partial charge in [0.15, 0.2) is 0 Å². The first-order chi connectivity index (χ1) is 10.7. The smallest absolute Gasteiger partial charge is 0.225 e. The molecule has 1 aliphatic heterocycles. The molecular weight excluding hydrogens is 326 g/mol. The summed E-state index contributed by atoms with van der Waals surface area (Å²) in [6.45, 7) is 12.7. The van der Waals surface area contributed by atoms with Crippen LogP contribution in [0.15, 0.2) is 0 Å². The molecule has 3 nitrogen and oxygen atoms in total. The molecule has 2 aliphatic rings. The van der Waals surface area contributed by atoms with Gasteiger partial charge in [-0.15, -0.1) is 11.3 Å². The van der Waals surface area contributed by atoms with Gasteiger partial charge in [-0.2, -0.15) is 4.98 Å². The van der Waals surface area contributed by atoms with Crippen LogP contribution in [-0.4, -0.2) is 22.6 Å². The van der Waals surface area contributed by atoms with E-state index < -0.39 is 0 Å². The van der Waals surface area contributed by atoms with Crippen LogP contribution >= 0.6 is 22.9 Å². The Morgan fingerprint density at radius 3 is 2.65 bits per heavy atom. The number of aromatic nitrogens is 2. The summed E-state index contributed by atoms with van der Waals surface area (Å²) < 4.78 is 0. The Morgan fingerprint density at radius 2 is 1.91 bits per heavy atom. The Balaban J connectivity index is 1.87. The Kier molecular flexibility index (Phi) is 3.28. The quantitative estimate of drug-likeness (QED) is 0.648. The van der Waals surface area contributed by atoms with E-state index in [1.807, 2.05) is 0 Å². The molecule has 0 aromatic carbocycles. The molecule has 124 valence electrons. The highest BCUT2D eigenvalue weighted by atomic mass is 35.5. The third-order valence-electron chi connectivity index (χ3n) is 5.67. The van der Waals surface area contributed by atoms with E-state index in [9.17, 15) is 0 Å². The van der Waals surface area contributed by atoms with E-state index in [1.54, 1.807) is 11.3 Å². The molecule has 4 rings (SSSR count). The van der Waals surface area contributed by atoms with Gasteiger partial charge in [0.05, 0.1) is 5.39 Å². The highest BCUT2D eigenvalue weighted by Crippen LogP contribution is 2.54. The van der Waals surface area contributed by atoms with Gasteiger partial charge < -0.3 is 4.90 Å². The lowest BCUT2D eigenvalue weighted by molar-refractivity contribution is 0.136. The second-order valence-electron chi connectivity index (χ2n) is 8.62. The molecule has 2 unspecified atom stereocenters. The van der Waals surface area contributed by atoms with E-state index >= 15 is 0 Å². The van der Waals surface area contributed by atoms with Gasteiger partial charge in [-0.3, -0.25) is 0 Å². The van der Waals surface area contributed by atoms with Crippen molar-refractivity contribution < 1.29 is 0 Å². The number of hydrogen-bond acceptors (Lipinski definition) is 4. The van der Waals surface area contributed by atoms with Crippen LogP contribution < -0.4 is 4.90 Å². The van der Waals surface area contributed by atoms with Gasteiger partial charge in [0.25, 0.3) is 0 Å². The molecule has 2 bridgehead atoms. The third kappa shape index (κ3) is 2.45. The van der Waals surface area contributed by atoms with Crippen molar-refractivity contribution >= 4 is 39.0 Å². The van der Waals surface area contributed by atoms with Gasteiger partial charge in [-0.1, -0.05) is 20.8 Å². The number of nitrogens with zero attached hydrogens (tertiary/aromatic N) is 3. The average Bonchev–Trinajstić information content (AvgIpc) is 2.82. The van der Waals surface area contributed by atoms with Crippen molar-refractivity contribution in [1.82, 2.24) is 9.97 Å². The molecular formula is C18H24ClN3S. The lowest BCUT2D eigenvalue weighted by atomic mass is 9.65. The average molecular weight is 350 g/mol. The normalized spacial score (nSPS) is 29.5. The Hall–Kier alpha value is -0.870. The van der Waals surface area contributed by atoms with Gasteiger partial charge in [-0.25, -0.2) is 4.98 Å². The molecule has 1 saturated heterocycles. The van der Waals surface area contributed by atoms with Crippen molar-refractivity contribution in [2.45, 2.75) is 59.9 Å². The van der Waals surface area contributed by atoms with Crippen molar-refractivity contribution in [3.63, 3.8) is 0 Å². The standard InChI is InChI=1S/C18H24ClN3S/c1-10-11(2)23-15-13(10)14(20-16(19)21-15)22-9-18(5)7-12(22)6-17(3,4)8-18/h12H,6-9H2,1-5H3. The number of fused-ring (bicyclic) bond motifs is 3. The number of thiophene rings is 1. The van der Waals surface area contributed by atoms with Crippen LogP contribution in [-0.2, 0) is 0 Å². The number of hydrogen-bond donors (Lipinski definition) is 0. The number of halogens is 1. The summed E-state index contributed by atoms with van der Waals surface area (Å²) in [4.78, 5) is 14.0. The molecule has 23 heavy (non-hydrogen) atoms. The van der Waals surface area contributed by atoms with Gasteiger partial charge in [0.2, 0.25) is 5.28 Å². The van der Waals surface area contributed by atoms with E-state index in [0.717, 1.165) is 17.2 Å². The Morgan fingerprint density at radius 1 is 1.17 bits per heavy atom. The predicted octanol–water partition coefficient (Wildman–Crippen LogP) is 5.37. The summed E-state index contributed by atoms with van der Waals surface area (Å²) in [6.07, 6.45) is 3.78. The van der Waals surface area contributed by atoms with Crippen LogP contribution in [0.3, 0.4) is 0 Å². The van der Waals surface area contributed by atoms with E-state index in [1.165, 1.54) is 35.1 Å². The van der Waals surface area contributed by atoms with Crippen LogP contribution in [0.2, 0.25) is 5.28 Å². The molecule has 1 aliphatic carbocycles. The molecule has 2 fully saturated rings. The zero-order chi connectivity index (χ0) is 16.6. The highest BCUT2D eigenvalue weighted by molar-refractivity contribution is 7.18. The zero-order valence-corrected chi connectivity index (χ0v) is 16.1. The lowest BCUT2D eigenvalue weighted by Crippen LogP contribution is -2.35. The molecule has 0 spiro atoms. The van der Waals surface area contributed by atoms with Crippen LogP contribution in [0.4, 0.5) is 5.82 Å². The second kappa shape index (κ2) is 4.82. The van der Waals surface area contributed by atoms with E-state index in [-0.39, 0.29) is 0 Å². The molecule has 5 heteroatoms. The highest BCUT2D eigenvalue weighted by Gasteiger charge is 2.50. The largest absolute Gasteiger partial charge is 0.352 e. The molecule has 3 heterocycles. The summed E-state index contributed by atoms with van der Waals surface area (Å²) in [6, 6.07) is 0.567. The summed E-state index contributed by atoms with van der Waals surface area (Å²) in [5.74, 6) is 1.06. The predicted molar refractivity (Wildman–Crippen MR) is 98.8 cm³/mol. The first kappa shape index (κ1) is 15.6. The second-order valence-corrected chi connectivity index (χ2v) is 10.2. The van der Waals surface area contributed by atoms with Crippen molar-refractivity contribution in [3.05, 3.63) is 15.7 Å². The summed E-state index contributed by atoms with van der Waals surface area (Å²) in [5.41, 5.74) is 2.10. The maximum atomic E-state index is 6.26. The van der Waals surface area contributed by atoms with Gasteiger partial charge in [0.1, 0.15) is 10.6 Å². The molecule has 2 aromatic heterocycles. The zero-order valence-electron chi connectivity index (χ0n) is 14.5. The van der Waals surface area contributed by atoms with Crippen LogP contribution in [0, 0.1) is 24.7 Å². The van der Waals surface area contributed by atoms with Crippen LogP contribution in [0.5, 0.6) is 0 Å². The number of aryl methyl sites for hydroxylation is 2. The number of rotatable bonds is 1. The van der Waals surface area contributed by atoms with Crippen molar-refractivity contribution in [1.29, 1.82) is 0 Å². The summed E-state index contributed by atoms with van der Waals surface area (Å²) >= 11 is 7.98. The molecule has 0 amide bonds. The van der Waals surface area contributed by atoms with Crippen molar-refractivity contribution in [3.8, 4) is 0 Å².